The molecule has 5 nitrogen and oxygen atoms in total. The van der Waals surface area contributed by atoms with Crippen LogP contribution in [0, 0.1) is 11.8 Å². The van der Waals surface area contributed by atoms with E-state index in [2.05, 4.69) is 10.6 Å². The predicted molar refractivity (Wildman–Crippen MR) is 81.9 cm³/mol. The minimum atomic E-state index is -0.214. The molecule has 1 aliphatic rings. The Bertz CT molecular complexity index is 472. The summed E-state index contributed by atoms with van der Waals surface area (Å²) in [6.45, 7) is 2.10. The van der Waals surface area contributed by atoms with Crippen LogP contribution in [0.2, 0.25) is 0 Å². The molecular formula is C14H20ClN3O2. The summed E-state index contributed by atoms with van der Waals surface area (Å²) in [4.78, 5) is 23.2. The van der Waals surface area contributed by atoms with E-state index in [4.69, 9.17) is 5.73 Å². The normalized spacial score (nSPS) is 14.9. The van der Waals surface area contributed by atoms with Gasteiger partial charge < -0.3 is 16.4 Å². The maximum Gasteiger partial charge on any atom is 0.228 e. The second kappa shape index (κ2) is 7.26. The first-order chi connectivity index (χ1) is 9.10. The summed E-state index contributed by atoms with van der Waals surface area (Å²) in [6.07, 6.45) is 1.97. The Balaban J connectivity index is 0.00000200. The molecule has 6 heteroatoms. The minimum Gasteiger partial charge on any atom is -0.330 e. The van der Waals surface area contributed by atoms with Crippen molar-refractivity contribution in [1.82, 2.24) is 0 Å². The second-order valence-electron chi connectivity index (χ2n) is 4.97. The highest BCUT2D eigenvalue weighted by Crippen LogP contribution is 2.30. The van der Waals surface area contributed by atoms with Crippen LogP contribution in [0.4, 0.5) is 11.4 Å². The van der Waals surface area contributed by atoms with Crippen LogP contribution >= 0.6 is 12.4 Å². The summed E-state index contributed by atoms with van der Waals surface area (Å²) in [6, 6.07) is 7.10. The fourth-order valence-electron chi connectivity index (χ4n) is 1.60. The van der Waals surface area contributed by atoms with Gasteiger partial charge in [-0.2, -0.15) is 0 Å². The summed E-state index contributed by atoms with van der Waals surface area (Å²) < 4.78 is 0. The van der Waals surface area contributed by atoms with Crippen molar-refractivity contribution in [2.24, 2.45) is 17.6 Å². The van der Waals surface area contributed by atoms with Crippen molar-refractivity contribution in [3.8, 4) is 0 Å². The molecule has 0 spiro atoms. The summed E-state index contributed by atoms with van der Waals surface area (Å²) in [5, 5.41) is 5.62. The summed E-state index contributed by atoms with van der Waals surface area (Å²) in [5.41, 5.74) is 6.89. The SMILES string of the molecule is CC(CN)C(=O)Nc1ccc(NC(=O)C2CC2)cc1.Cl. The molecule has 1 saturated carbocycles. The number of rotatable bonds is 5. The van der Waals surface area contributed by atoms with Gasteiger partial charge in [-0.25, -0.2) is 0 Å². The fraction of sp³-hybridized carbons (Fsp3) is 0.429. The zero-order valence-electron chi connectivity index (χ0n) is 11.4. The lowest BCUT2D eigenvalue weighted by atomic mass is 10.1. The van der Waals surface area contributed by atoms with Crippen molar-refractivity contribution in [3.63, 3.8) is 0 Å². The molecule has 2 rings (SSSR count). The molecule has 4 N–H and O–H groups in total. The van der Waals surface area contributed by atoms with E-state index in [1.807, 2.05) is 0 Å². The highest BCUT2D eigenvalue weighted by Gasteiger charge is 2.29. The van der Waals surface area contributed by atoms with E-state index in [0.29, 0.717) is 12.2 Å². The quantitative estimate of drug-likeness (QED) is 0.777. The molecule has 1 aliphatic carbocycles. The maximum atomic E-state index is 11.6. The molecular weight excluding hydrogens is 278 g/mol. The van der Waals surface area contributed by atoms with Crippen LogP contribution < -0.4 is 16.4 Å². The van der Waals surface area contributed by atoms with Crippen LogP contribution in [0.15, 0.2) is 24.3 Å². The van der Waals surface area contributed by atoms with Crippen LogP contribution in [-0.4, -0.2) is 18.4 Å². The number of nitrogens with two attached hydrogens (primary N) is 1. The van der Waals surface area contributed by atoms with Crippen molar-refractivity contribution in [3.05, 3.63) is 24.3 Å². The Kier molecular flexibility index (Phi) is 5.98. The summed E-state index contributed by atoms with van der Waals surface area (Å²) in [7, 11) is 0. The van der Waals surface area contributed by atoms with E-state index >= 15 is 0 Å². The molecule has 1 fully saturated rings. The van der Waals surface area contributed by atoms with Crippen LogP contribution in [0.5, 0.6) is 0 Å². The van der Waals surface area contributed by atoms with Gasteiger partial charge in [0.2, 0.25) is 11.8 Å². The lowest BCUT2D eigenvalue weighted by Gasteiger charge is -2.10. The van der Waals surface area contributed by atoms with Crippen molar-refractivity contribution < 1.29 is 9.59 Å². The Labute approximate surface area is 124 Å². The topological polar surface area (TPSA) is 84.2 Å². The molecule has 110 valence electrons. The van der Waals surface area contributed by atoms with Crippen molar-refractivity contribution in [2.75, 3.05) is 17.2 Å². The molecule has 0 aromatic heterocycles. The molecule has 1 atom stereocenters. The Morgan fingerprint density at radius 3 is 2.15 bits per heavy atom. The second-order valence-corrected chi connectivity index (χ2v) is 4.97. The largest absolute Gasteiger partial charge is 0.330 e. The number of carbonyl (C=O) groups is 2. The molecule has 20 heavy (non-hydrogen) atoms. The van der Waals surface area contributed by atoms with Gasteiger partial charge in [-0.3, -0.25) is 9.59 Å². The molecule has 0 radical (unpaired) electrons. The van der Waals surface area contributed by atoms with Gasteiger partial charge in [-0.15, -0.1) is 12.4 Å². The van der Waals surface area contributed by atoms with Gasteiger partial charge in [-0.1, -0.05) is 6.92 Å². The van der Waals surface area contributed by atoms with Crippen LogP contribution in [0.1, 0.15) is 19.8 Å². The van der Waals surface area contributed by atoms with E-state index in [1.165, 1.54) is 0 Å². The number of amides is 2. The van der Waals surface area contributed by atoms with Crippen LogP contribution in [-0.2, 0) is 9.59 Å². The number of anilines is 2. The number of nitrogens with one attached hydrogen (secondary N) is 2. The molecule has 0 heterocycles. The standard InChI is InChI=1S/C14H19N3O2.ClH/c1-9(8-15)13(18)16-11-4-6-12(7-5-11)17-14(19)10-2-3-10;/h4-7,9-10H,2-3,8,15H2,1H3,(H,16,18)(H,17,19);1H. The smallest absolute Gasteiger partial charge is 0.228 e. The Morgan fingerprint density at radius 2 is 1.70 bits per heavy atom. The summed E-state index contributed by atoms with van der Waals surface area (Å²) >= 11 is 0. The first-order valence-electron chi connectivity index (χ1n) is 6.52. The van der Waals surface area contributed by atoms with Gasteiger partial charge in [-0.05, 0) is 37.1 Å². The average Bonchev–Trinajstić information content (AvgIpc) is 3.24. The Morgan fingerprint density at radius 1 is 1.20 bits per heavy atom. The number of hydrogen-bond donors (Lipinski definition) is 3. The van der Waals surface area contributed by atoms with Crippen LogP contribution in [0.3, 0.4) is 0 Å². The third-order valence-electron chi connectivity index (χ3n) is 3.17. The zero-order valence-corrected chi connectivity index (χ0v) is 12.2. The van der Waals surface area contributed by atoms with E-state index < -0.39 is 0 Å². The fourth-order valence-corrected chi connectivity index (χ4v) is 1.60. The molecule has 0 bridgehead atoms. The van der Waals surface area contributed by atoms with Crippen molar-refractivity contribution in [1.29, 1.82) is 0 Å². The number of carbonyl (C=O) groups excluding carboxylic acids is 2. The molecule has 0 aliphatic heterocycles. The molecule has 2 amide bonds. The van der Waals surface area contributed by atoms with Gasteiger partial charge in [0.25, 0.3) is 0 Å². The van der Waals surface area contributed by atoms with Crippen LogP contribution in [0.25, 0.3) is 0 Å². The van der Waals surface area contributed by atoms with Gasteiger partial charge in [0, 0.05) is 29.8 Å². The predicted octanol–water partition coefficient (Wildman–Crippen LogP) is 1.99. The lowest BCUT2D eigenvalue weighted by Crippen LogP contribution is -2.26. The third-order valence-corrected chi connectivity index (χ3v) is 3.17. The average molecular weight is 298 g/mol. The molecule has 1 aromatic rings. The minimum absolute atomic E-state index is 0. The Hall–Kier alpha value is -1.59. The molecule has 0 saturated heterocycles. The monoisotopic (exact) mass is 297 g/mol. The number of halogens is 1. The van der Waals surface area contributed by atoms with Crippen molar-refractivity contribution in [2.45, 2.75) is 19.8 Å². The van der Waals surface area contributed by atoms with Gasteiger partial charge in [0.1, 0.15) is 0 Å². The third kappa shape index (κ3) is 4.51. The van der Waals surface area contributed by atoms with E-state index in [9.17, 15) is 9.59 Å². The lowest BCUT2D eigenvalue weighted by molar-refractivity contribution is -0.119. The molecule has 1 aromatic carbocycles. The van der Waals surface area contributed by atoms with Gasteiger partial charge in [0.05, 0.1) is 0 Å². The van der Waals surface area contributed by atoms with Gasteiger partial charge >= 0.3 is 0 Å². The molecule has 1 unspecified atom stereocenters. The zero-order chi connectivity index (χ0) is 13.8. The van der Waals surface area contributed by atoms with E-state index in [-0.39, 0.29) is 36.1 Å². The van der Waals surface area contributed by atoms with Crippen molar-refractivity contribution >= 4 is 35.6 Å². The number of hydrogen-bond acceptors (Lipinski definition) is 3. The summed E-state index contributed by atoms with van der Waals surface area (Å²) in [5.74, 6) is -0.0511. The van der Waals surface area contributed by atoms with E-state index in [1.54, 1.807) is 31.2 Å². The van der Waals surface area contributed by atoms with Gasteiger partial charge in [0.15, 0.2) is 0 Å². The highest BCUT2D eigenvalue weighted by molar-refractivity contribution is 5.95. The first-order valence-corrected chi connectivity index (χ1v) is 6.52. The number of benzene rings is 1. The van der Waals surface area contributed by atoms with E-state index in [0.717, 1.165) is 18.5 Å². The first kappa shape index (κ1) is 16.5. The highest BCUT2D eigenvalue weighted by atomic mass is 35.5. The maximum absolute atomic E-state index is 11.6.